The molecule has 3 rings (SSSR count). The summed E-state index contributed by atoms with van der Waals surface area (Å²) in [6, 6.07) is 19.1. The van der Waals surface area contributed by atoms with Gasteiger partial charge in [-0.3, -0.25) is 9.59 Å². The van der Waals surface area contributed by atoms with Crippen LogP contribution in [0.15, 0.2) is 66.7 Å². The molecular formula is C22H19ClN2O3. The fourth-order valence-electron chi connectivity index (χ4n) is 2.99. The van der Waals surface area contributed by atoms with E-state index in [9.17, 15) is 14.7 Å². The van der Waals surface area contributed by atoms with Gasteiger partial charge in [-0.05, 0) is 42.3 Å². The van der Waals surface area contributed by atoms with Crippen molar-refractivity contribution in [1.82, 2.24) is 10.3 Å². The van der Waals surface area contributed by atoms with E-state index in [0.717, 1.165) is 16.7 Å². The first-order valence-electron chi connectivity index (χ1n) is 8.75. The van der Waals surface area contributed by atoms with E-state index in [1.54, 1.807) is 30.3 Å². The summed E-state index contributed by atoms with van der Waals surface area (Å²) in [4.78, 5) is 28.5. The van der Waals surface area contributed by atoms with Crippen LogP contribution in [0.4, 0.5) is 0 Å². The molecule has 0 saturated carbocycles. The fourth-order valence-corrected chi connectivity index (χ4v) is 3.18. The van der Waals surface area contributed by atoms with Gasteiger partial charge in [-0.1, -0.05) is 54.1 Å². The van der Waals surface area contributed by atoms with Crippen molar-refractivity contribution in [3.8, 4) is 11.3 Å². The van der Waals surface area contributed by atoms with E-state index in [1.165, 1.54) is 0 Å². The van der Waals surface area contributed by atoms with Crippen molar-refractivity contribution < 1.29 is 14.7 Å². The van der Waals surface area contributed by atoms with E-state index in [2.05, 4.69) is 10.3 Å². The van der Waals surface area contributed by atoms with Gasteiger partial charge < -0.3 is 10.4 Å². The Morgan fingerprint density at radius 3 is 2.54 bits per heavy atom. The number of aromatic nitrogens is 1. The van der Waals surface area contributed by atoms with Crippen LogP contribution in [0.2, 0.25) is 5.02 Å². The number of aliphatic carboxylic acids is 1. The van der Waals surface area contributed by atoms with Crippen molar-refractivity contribution in [3.63, 3.8) is 0 Å². The number of amides is 1. The average Bonchev–Trinajstić information content (AvgIpc) is 2.67. The number of carboxylic acid groups (broad SMARTS) is 1. The lowest BCUT2D eigenvalue weighted by Crippen LogP contribution is -2.31. The van der Waals surface area contributed by atoms with Gasteiger partial charge in [-0.15, -0.1) is 0 Å². The molecule has 28 heavy (non-hydrogen) atoms. The molecule has 0 aliphatic rings. The Labute approximate surface area is 168 Å². The van der Waals surface area contributed by atoms with Gasteiger partial charge in [-0.2, -0.15) is 0 Å². The molecule has 0 aliphatic carbocycles. The van der Waals surface area contributed by atoms with E-state index < -0.39 is 17.9 Å². The molecular weight excluding hydrogens is 376 g/mol. The standard InChI is InChI=1S/C22H19ClN2O3/c1-14-6-2-3-9-17(14)20(13-21(26)27)25-22(28)19-11-5-10-18(24-19)15-7-4-8-16(23)12-15/h2-12,20H,13H2,1H3,(H,25,28)(H,26,27)/t20-/m0/s1. The minimum atomic E-state index is -0.991. The van der Waals surface area contributed by atoms with E-state index in [4.69, 9.17) is 11.6 Å². The first-order chi connectivity index (χ1) is 13.4. The predicted octanol–water partition coefficient (Wildman–Crippen LogP) is 4.66. The molecule has 6 heteroatoms. The highest BCUT2D eigenvalue weighted by atomic mass is 35.5. The van der Waals surface area contributed by atoms with Crippen LogP contribution in [-0.2, 0) is 4.79 Å². The number of nitrogens with zero attached hydrogens (tertiary/aromatic N) is 1. The molecule has 0 unspecified atom stereocenters. The second-order valence-corrected chi connectivity index (χ2v) is 6.84. The second kappa shape index (κ2) is 8.67. The number of aryl methyl sites for hydroxylation is 1. The van der Waals surface area contributed by atoms with Crippen LogP contribution in [-0.4, -0.2) is 22.0 Å². The average molecular weight is 395 g/mol. The minimum Gasteiger partial charge on any atom is -0.481 e. The number of nitrogens with one attached hydrogen (secondary N) is 1. The summed E-state index contributed by atoms with van der Waals surface area (Å²) in [7, 11) is 0. The van der Waals surface area contributed by atoms with Gasteiger partial charge in [0.25, 0.3) is 5.91 Å². The number of rotatable bonds is 6. The van der Waals surface area contributed by atoms with Crippen LogP contribution in [0.3, 0.4) is 0 Å². The Morgan fingerprint density at radius 2 is 1.82 bits per heavy atom. The number of halogens is 1. The molecule has 1 aromatic heterocycles. The molecule has 2 N–H and O–H groups in total. The van der Waals surface area contributed by atoms with Crippen LogP contribution in [0, 0.1) is 6.92 Å². The van der Waals surface area contributed by atoms with Crippen molar-refractivity contribution in [2.24, 2.45) is 0 Å². The Morgan fingerprint density at radius 1 is 1.07 bits per heavy atom. The van der Waals surface area contributed by atoms with Crippen molar-refractivity contribution in [2.45, 2.75) is 19.4 Å². The lowest BCUT2D eigenvalue weighted by atomic mass is 9.98. The van der Waals surface area contributed by atoms with Gasteiger partial charge in [0.2, 0.25) is 0 Å². The summed E-state index contributed by atoms with van der Waals surface area (Å²) >= 11 is 6.03. The highest BCUT2D eigenvalue weighted by Crippen LogP contribution is 2.23. The van der Waals surface area contributed by atoms with E-state index >= 15 is 0 Å². The molecule has 0 saturated heterocycles. The number of benzene rings is 2. The van der Waals surface area contributed by atoms with Gasteiger partial charge in [0.15, 0.2) is 0 Å². The van der Waals surface area contributed by atoms with Gasteiger partial charge >= 0.3 is 5.97 Å². The summed E-state index contributed by atoms with van der Waals surface area (Å²) in [6.45, 7) is 1.88. The van der Waals surface area contributed by atoms with Crippen molar-refractivity contribution in [1.29, 1.82) is 0 Å². The fraction of sp³-hybridized carbons (Fsp3) is 0.136. The maximum absolute atomic E-state index is 12.8. The highest BCUT2D eigenvalue weighted by molar-refractivity contribution is 6.30. The maximum atomic E-state index is 12.8. The lowest BCUT2D eigenvalue weighted by molar-refractivity contribution is -0.137. The molecule has 1 atom stereocenters. The minimum absolute atomic E-state index is 0.210. The van der Waals surface area contributed by atoms with Gasteiger partial charge in [0, 0.05) is 10.6 Å². The number of carboxylic acids is 1. The third kappa shape index (κ3) is 4.75. The number of pyridine rings is 1. The smallest absolute Gasteiger partial charge is 0.305 e. The maximum Gasteiger partial charge on any atom is 0.305 e. The normalized spacial score (nSPS) is 11.6. The zero-order valence-electron chi connectivity index (χ0n) is 15.2. The SMILES string of the molecule is Cc1ccccc1[C@H](CC(=O)O)NC(=O)c1cccc(-c2cccc(Cl)c2)n1. The van der Waals surface area contributed by atoms with Crippen LogP contribution in [0.1, 0.15) is 34.1 Å². The Balaban J connectivity index is 1.87. The Bertz CT molecular complexity index is 1020. The molecule has 5 nitrogen and oxygen atoms in total. The zero-order chi connectivity index (χ0) is 20.1. The molecule has 2 aromatic carbocycles. The Hall–Kier alpha value is -3.18. The summed E-state index contributed by atoms with van der Waals surface area (Å²) in [5.74, 6) is -1.42. The largest absolute Gasteiger partial charge is 0.481 e. The van der Waals surface area contributed by atoms with E-state index in [1.807, 2.05) is 43.3 Å². The van der Waals surface area contributed by atoms with Crippen LogP contribution >= 0.6 is 11.6 Å². The number of hydrogen-bond acceptors (Lipinski definition) is 3. The van der Waals surface area contributed by atoms with Crippen molar-refractivity contribution in [3.05, 3.63) is 88.6 Å². The van der Waals surface area contributed by atoms with Gasteiger partial charge in [0.05, 0.1) is 18.2 Å². The van der Waals surface area contributed by atoms with Crippen LogP contribution in [0.5, 0.6) is 0 Å². The third-order valence-electron chi connectivity index (χ3n) is 4.35. The zero-order valence-corrected chi connectivity index (χ0v) is 16.0. The first-order valence-corrected chi connectivity index (χ1v) is 9.13. The predicted molar refractivity (Wildman–Crippen MR) is 108 cm³/mol. The van der Waals surface area contributed by atoms with Gasteiger partial charge in [-0.25, -0.2) is 4.98 Å². The molecule has 0 bridgehead atoms. The summed E-state index contributed by atoms with van der Waals surface area (Å²) in [6.07, 6.45) is -0.218. The molecule has 0 aliphatic heterocycles. The molecule has 1 amide bonds. The molecule has 0 fully saturated rings. The van der Waals surface area contributed by atoms with E-state index in [0.29, 0.717) is 10.7 Å². The molecule has 1 heterocycles. The monoisotopic (exact) mass is 394 g/mol. The second-order valence-electron chi connectivity index (χ2n) is 6.40. The third-order valence-corrected chi connectivity index (χ3v) is 4.59. The molecule has 3 aromatic rings. The first kappa shape index (κ1) is 19.6. The summed E-state index contributed by atoms with van der Waals surface area (Å²) in [5, 5.41) is 12.6. The number of carbonyl (C=O) groups is 2. The molecule has 0 spiro atoms. The van der Waals surface area contributed by atoms with Crippen LogP contribution in [0.25, 0.3) is 11.3 Å². The quantitative estimate of drug-likeness (QED) is 0.637. The summed E-state index contributed by atoms with van der Waals surface area (Å²) < 4.78 is 0. The lowest BCUT2D eigenvalue weighted by Gasteiger charge is -2.19. The van der Waals surface area contributed by atoms with Crippen molar-refractivity contribution >= 4 is 23.5 Å². The highest BCUT2D eigenvalue weighted by Gasteiger charge is 2.21. The van der Waals surface area contributed by atoms with E-state index in [-0.39, 0.29) is 12.1 Å². The molecule has 0 radical (unpaired) electrons. The Kier molecular flexibility index (Phi) is 6.06. The number of carbonyl (C=O) groups excluding carboxylic acids is 1. The summed E-state index contributed by atoms with van der Waals surface area (Å²) in [5.41, 5.74) is 3.30. The van der Waals surface area contributed by atoms with Gasteiger partial charge in [0.1, 0.15) is 5.69 Å². The number of hydrogen-bond donors (Lipinski definition) is 2. The van der Waals surface area contributed by atoms with Crippen molar-refractivity contribution in [2.75, 3.05) is 0 Å². The topological polar surface area (TPSA) is 79.3 Å². The molecule has 142 valence electrons. The van der Waals surface area contributed by atoms with Crippen LogP contribution < -0.4 is 5.32 Å².